The van der Waals surface area contributed by atoms with Crippen LogP contribution in [0.2, 0.25) is 38.8 Å². The normalized spacial score (nSPS) is 13.6. The average molecular weight is 237 g/mol. The molecule has 0 aliphatic carbocycles. The zero-order valence-corrected chi connectivity index (χ0v) is 13.9. The minimum absolute atomic E-state index is 0.886. The third-order valence-corrected chi connectivity index (χ3v) is 9.06. The molecule has 2 nitrogen and oxygen atoms in total. The van der Waals surface area contributed by atoms with Crippen molar-refractivity contribution in [3.63, 3.8) is 0 Å². The molecule has 0 saturated carbocycles. The third kappa shape index (κ3) is 8.89. The van der Waals surface area contributed by atoms with Gasteiger partial charge in [0.1, 0.15) is 10.5 Å². The SMILES string of the molecule is C[Si](C)(C)OCCC[Si](C)(C)O[SiH3]. The van der Waals surface area contributed by atoms with Crippen molar-refractivity contribution >= 4 is 27.1 Å². The van der Waals surface area contributed by atoms with Gasteiger partial charge >= 0.3 is 0 Å². The lowest BCUT2D eigenvalue weighted by Crippen LogP contribution is -2.31. The Balaban J connectivity index is 3.47. The molecule has 0 unspecified atom stereocenters. The first-order chi connectivity index (χ1) is 5.77. The summed E-state index contributed by atoms with van der Waals surface area (Å²) in [5, 5.41) is 0. The van der Waals surface area contributed by atoms with Gasteiger partial charge in [0.15, 0.2) is 16.6 Å². The van der Waals surface area contributed by atoms with Gasteiger partial charge < -0.3 is 8.54 Å². The molecule has 0 fully saturated rings. The van der Waals surface area contributed by atoms with E-state index in [-0.39, 0.29) is 0 Å². The van der Waals surface area contributed by atoms with E-state index in [1.54, 1.807) is 0 Å². The second kappa shape index (κ2) is 5.45. The molecular weight excluding hydrogens is 212 g/mol. The molecule has 0 N–H and O–H groups in total. The van der Waals surface area contributed by atoms with Gasteiger partial charge in [0, 0.05) is 6.61 Å². The van der Waals surface area contributed by atoms with Crippen molar-refractivity contribution in [2.75, 3.05) is 6.61 Å². The fourth-order valence-corrected chi connectivity index (χ4v) is 3.55. The highest BCUT2D eigenvalue weighted by Crippen LogP contribution is 2.13. The number of rotatable bonds is 6. The molecule has 0 rings (SSSR count). The molecule has 80 valence electrons. The quantitative estimate of drug-likeness (QED) is 0.517. The highest BCUT2D eigenvalue weighted by Gasteiger charge is 2.20. The summed E-state index contributed by atoms with van der Waals surface area (Å²) in [5.74, 6) is 0. The molecule has 0 heterocycles. The molecule has 5 heteroatoms. The van der Waals surface area contributed by atoms with E-state index in [1.807, 2.05) is 0 Å². The molecule has 0 aromatic rings. The van der Waals surface area contributed by atoms with Crippen molar-refractivity contribution < 1.29 is 8.54 Å². The van der Waals surface area contributed by atoms with E-state index in [4.69, 9.17) is 8.54 Å². The Kier molecular flexibility index (Phi) is 5.69. The van der Waals surface area contributed by atoms with Gasteiger partial charge in [-0.05, 0) is 45.2 Å². The van der Waals surface area contributed by atoms with Gasteiger partial charge in [0.25, 0.3) is 0 Å². The van der Waals surface area contributed by atoms with Crippen LogP contribution in [0.3, 0.4) is 0 Å². The summed E-state index contributed by atoms with van der Waals surface area (Å²) in [4.78, 5) is 0. The summed E-state index contributed by atoms with van der Waals surface area (Å²) in [6, 6.07) is 1.24. The standard InChI is InChI=1S/C8H24O2Si3/c1-12(2,3)9-7-6-8-13(4,5)10-11/h6-8H2,1-5,11H3. The molecule has 0 spiro atoms. The Morgan fingerprint density at radius 2 is 1.62 bits per heavy atom. The molecule has 0 aliphatic rings. The molecular formula is C8H24O2Si3. The summed E-state index contributed by atoms with van der Waals surface area (Å²) in [5.41, 5.74) is 0. The Morgan fingerprint density at radius 1 is 1.08 bits per heavy atom. The van der Waals surface area contributed by atoms with Gasteiger partial charge in [0.05, 0.1) is 0 Å². The molecule has 0 radical (unpaired) electrons. The second-order valence-corrected chi connectivity index (χ2v) is 15.2. The van der Waals surface area contributed by atoms with Crippen LogP contribution in [-0.2, 0) is 8.54 Å². The van der Waals surface area contributed by atoms with E-state index in [0.717, 1.165) is 17.1 Å². The summed E-state index contributed by atoms with van der Waals surface area (Å²) < 4.78 is 11.4. The Hall–Kier alpha value is 0.571. The van der Waals surface area contributed by atoms with Crippen molar-refractivity contribution in [1.29, 1.82) is 0 Å². The average Bonchev–Trinajstić information content (AvgIpc) is 1.97. The number of hydrogen-bond acceptors (Lipinski definition) is 2. The van der Waals surface area contributed by atoms with Crippen LogP contribution in [0.15, 0.2) is 0 Å². The monoisotopic (exact) mass is 236 g/mol. The van der Waals surface area contributed by atoms with Crippen LogP contribution in [0.4, 0.5) is 0 Å². The van der Waals surface area contributed by atoms with E-state index in [0.29, 0.717) is 0 Å². The first kappa shape index (κ1) is 13.6. The maximum atomic E-state index is 5.79. The lowest BCUT2D eigenvalue weighted by molar-refractivity contribution is 0.309. The Labute approximate surface area is 87.8 Å². The maximum absolute atomic E-state index is 5.79. The van der Waals surface area contributed by atoms with Crippen LogP contribution in [-0.4, -0.2) is 33.7 Å². The molecule has 0 atom stereocenters. The van der Waals surface area contributed by atoms with Gasteiger partial charge in [-0.25, -0.2) is 0 Å². The third-order valence-electron chi connectivity index (χ3n) is 2.01. The zero-order chi connectivity index (χ0) is 10.5. The highest BCUT2D eigenvalue weighted by atomic mass is 28.4. The first-order valence-corrected chi connectivity index (χ1v) is 12.3. The summed E-state index contributed by atoms with van der Waals surface area (Å²) >= 11 is 0. The van der Waals surface area contributed by atoms with Crippen LogP contribution in [0.5, 0.6) is 0 Å². The van der Waals surface area contributed by atoms with Crippen molar-refractivity contribution in [3.05, 3.63) is 0 Å². The largest absolute Gasteiger partial charge is 0.463 e. The maximum Gasteiger partial charge on any atom is 0.183 e. The molecule has 13 heavy (non-hydrogen) atoms. The lowest BCUT2D eigenvalue weighted by atomic mass is 10.5. The van der Waals surface area contributed by atoms with Gasteiger partial charge in [-0.1, -0.05) is 0 Å². The Bertz CT molecular complexity index is 143. The van der Waals surface area contributed by atoms with E-state index < -0.39 is 16.6 Å². The first-order valence-electron chi connectivity index (χ1n) is 4.96. The van der Waals surface area contributed by atoms with Crippen LogP contribution in [0.25, 0.3) is 0 Å². The lowest BCUT2D eigenvalue weighted by Gasteiger charge is -2.22. The van der Waals surface area contributed by atoms with Crippen molar-refractivity contribution in [3.8, 4) is 0 Å². The summed E-state index contributed by atoms with van der Waals surface area (Å²) in [7, 11) is -1.67. The smallest absolute Gasteiger partial charge is 0.183 e. The second-order valence-electron chi connectivity index (χ2n) is 5.03. The predicted molar refractivity (Wildman–Crippen MR) is 67.2 cm³/mol. The molecule has 0 bridgehead atoms. The van der Waals surface area contributed by atoms with Crippen molar-refractivity contribution in [2.45, 2.75) is 45.2 Å². The molecule has 0 saturated heterocycles. The Morgan fingerprint density at radius 3 is 2.00 bits per heavy atom. The van der Waals surface area contributed by atoms with Crippen molar-refractivity contribution in [2.24, 2.45) is 0 Å². The highest BCUT2D eigenvalue weighted by molar-refractivity contribution is 6.73. The predicted octanol–water partition coefficient (Wildman–Crippen LogP) is 1.73. The number of hydrogen-bond donors (Lipinski definition) is 0. The fraction of sp³-hybridized carbons (Fsp3) is 1.00. The van der Waals surface area contributed by atoms with Crippen LogP contribution < -0.4 is 0 Å². The zero-order valence-electron chi connectivity index (χ0n) is 9.94. The van der Waals surface area contributed by atoms with Crippen LogP contribution in [0.1, 0.15) is 6.42 Å². The van der Waals surface area contributed by atoms with Gasteiger partial charge in [-0.15, -0.1) is 0 Å². The van der Waals surface area contributed by atoms with Gasteiger partial charge in [-0.2, -0.15) is 0 Å². The van der Waals surface area contributed by atoms with E-state index in [1.165, 1.54) is 12.5 Å². The van der Waals surface area contributed by atoms with Crippen molar-refractivity contribution in [1.82, 2.24) is 0 Å². The molecule has 0 aromatic carbocycles. The summed E-state index contributed by atoms with van der Waals surface area (Å²) in [6.45, 7) is 12.2. The van der Waals surface area contributed by atoms with Crippen LogP contribution in [0, 0.1) is 0 Å². The van der Waals surface area contributed by atoms with E-state index in [9.17, 15) is 0 Å². The van der Waals surface area contributed by atoms with Crippen LogP contribution >= 0.6 is 0 Å². The van der Waals surface area contributed by atoms with E-state index in [2.05, 4.69) is 32.7 Å². The minimum Gasteiger partial charge on any atom is -0.463 e. The van der Waals surface area contributed by atoms with Gasteiger partial charge in [-0.3, -0.25) is 0 Å². The molecule has 0 aliphatic heterocycles. The van der Waals surface area contributed by atoms with E-state index >= 15 is 0 Å². The minimum atomic E-state index is -1.28. The topological polar surface area (TPSA) is 18.5 Å². The van der Waals surface area contributed by atoms with Gasteiger partial charge in [0.2, 0.25) is 0 Å². The molecule has 0 amide bonds. The fourth-order valence-electron chi connectivity index (χ4n) is 0.978. The summed E-state index contributed by atoms with van der Waals surface area (Å²) in [6.07, 6.45) is 1.17. The molecule has 0 aromatic heterocycles.